The molecule has 2 heterocycles. The fourth-order valence-corrected chi connectivity index (χ4v) is 3.87. The van der Waals surface area contributed by atoms with Crippen LogP contribution in [-0.4, -0.2) is 63.0 Å². The summed E-state index contributed by atoms with van der Waals surface area (Å²) >= 11 is 0. The summed E-state index contributed by atoms with van der Waals surface area (Å²) in [5, 5.41) is 0. The molecular weight excluding hydrogens is 258 g/mol. The van der Waals surface area contributed by atoms with E-state index in [1.165, 1.54) is 0 Å². The first-order valence-corrected chi connectivity index (χ1v) is 7.78. The van der Waals surface area contributed by atoms with Crippen LogP contribution >= 0.6 is 0 Å². The molecule has 1 aliphatic carbocycles. The van der Waals surface area contributed by atoms with E-state index in [9.17, 15) is 4.79 Å². The summed E-state index contributed by atoms with van der Waals surface area (Å²) in [6, 6.07) is 0.263. The van der Waals surface area contributed by atoms with Gasteiger partial charge in [0.25, 0.3) is 0 Å². The second-order valence-electron chi connectivity index (χ2n) is 6.19. The van der Waals surface area contributed by atoms with Gasteiger partial charge in [0.1, 0.15) is 0 Å². The molecule has 3 aliphatic rings. The second-order valence-corrected chi connectivity index (χ2v) is 6.19. The molecule has 5 nitrogen and oxygen atoms in total. The zero-order valence-corrected chi connectivity index (χ0v) is 12.3. The Morgan fingerprint density at radius 1 is 1.25 bits per heavy atom. The van der Waals surface area contributed by atoms with Crippen molar-refractivity contribution in [2.24, 2.45) is 11.8 Å². The lowest BCUT2D eigenvalue weighted by atomic mass is 9.96. The number of ether oxygens (including phenoxy) is 3. The first kappa shape index (κ1) is 14.3. The van der Waals surface area contributed by atoms with E-state index in [1.807, 2.05) is 0 Å². The first-order valence-electron chi connectivity index (χ1n) is 7.78. The van der Waals surface area contributed by atoms with E-state index in [2.05, 4.69) is 4.90 Å². The molecule has 0 aromatic carbocycles. The predicted octanol–water partition coefficient (Wildman–Crippen LogP) is 1.07. The van der Waals surface area contributed by atoms with Crippen LogP contribution in [-0.2, 0) is 19.0 Å². The average molecular weight is 283 g/mol. The van der Waals surface area contributed by atoms with Crippen molar-refractivity contribution in [3.8, 4) is 0 Å². The Labute approximate surface area is 120 Å². The van der Waals surface area contributed by atoms with Crippen molar-refractivity contribution in [1.82, 2.24) is 4.90 Å². The summed E-state index contributed by atoms with van der Waals surface area (Å²) in [5.41, 5.74) is 0. The Morgan fingerprint density at radius 3 is 2.80 bits per heavy atom. The molecule has 0 radical (unpaired) electrons. The monoisotopic (exact) mass is 283 g/mol. The summed E-state index contributed by atoms with van der Waals surface area (Å²) in [6.07, 6.45) is 4.00. The van der Waals surface area contributed by atoms with Gasteiger partial charge in [0.15, 0.2) is 0 Å². The Hall–Kier alpha value is -0.650. The third-order valence-electron chi connectivity index (χ3n) is 4.89. The minimum atomic E-state index is 0.156. The van der Waals surface area contributed by atoms with E-state index < -0.39 is 0 Å². The van der Waals surface area contributed by atoms with Gasteiger partial charge >= 0.3 is 0 Å². The van der Waals surface area contributed by atoms with Crippen molar-refractivity contribution in [1.29, 1.82) is 0 Å². The topological polar surface area (TPSA) is 48.0 Å². The van der Waals surface area contributed by atoms with Crippen LogP contribution in [0.3, 0.4) is 0 Å². The third kappa shape index (κ3) is 2.85. The number of amides is 1. The van der Waals surface area contributed by atoms with Crippen LogP contribution in [0, 0.1) is 11.8 Å². The molecule has 0 aromatic rings. The van der Waals surface area contributed by atoms with Gasteiger partial charge in [-0.2, -0.15) is 0 Å². The molecule has 0 aromatic heterocycles. The summed E-state index contributed by atoms with van der Waals surface area (Å²) in [6.45, 7) is 3.64. The maximum Gasteiger partial charge on any atom is 0.226 e. The maximum atomic E-state index is 12.7. The van der Waals surface area contributed by atoms with Crippen LogP contribution in [0.25, 0.3) is 0 Å². The van der Waals surface area contributed by atoms with Gasteiger partial charge in [0, 0.05) is 39.4 Å². The van der Waals surface area contributed by atoms with Crippen molar-refractivity contribution in [3.63, 3.8) is 0 Å². The van der Waals surface area contributed by atoms with Crippen LogP contribution in [0.5, 0.6) is 0 Å². The van der Waals surface area contributed by atoms with E-state index >= 15 is 0 Å². The minimum absolute atomic E-state index is 0.156. The fourth-order valence-electron chi connectivity index (χ4n) is 3.87. The molecule has 1 saturated carbocycles. The number of morpholine rings is 1. The highest BCUT2D eigenvalue weighted by atomic mass is 16.5. The second kappa shape index (κ2) is 6.41. The molecule has 2 saturated heterocycles. The van der Waals surface area contributed by atoms with E-state index in [0.717, 1.165) is 52.0 Å². The van der Waals surface area contributed by atoms with Crippen molar-refractivity contribution in [3.05, 3.63) is 0 Å². The quantitative estimate of drug-likeness (QED) is 0.777. The Bertz CT molecular complexity index is 343. The molecule has 0 N–H and O–H groups in total. The van der Waals surface area contributed by atoms with Crippen LogP contribution in [0.15, 0.2) is 0 Å². The zero-order valence-electron chi connectivity index (χ0n) is 12.3. The molecule has 0 spiro atoms. The Morgan fingerprint density at radius 2 is 2.05 bits per heavy atom. The van der Waals surface area contributed by atoms with Crippen LogP contribution in [0.2, 0.25) is 0 Å². The number of hydrogen-bond acceptors (Lipinski definition) is 4. The number of nitrogens with zero attached hydrogens (tertiary/aromatic N) is 1. The van der Waals surface area contributed by atoms with Gasteiger partial charge in [-0.05, 0) is 31.6 Å². The van der Waals surface area contributed by atoms with Crippen LogP contribution < -0.4 is 0 Å². The third-order valence-corrected chi connectivity index (χ3v) is 4.89. The molecule has 2 aliphatic heterocycles. The highest BCUT2D eigenvalue weighted by molar-refractivity contribution is 5.79. The van der Waals surface area contributed by atoms with Gasteiger partial charge in [-0.1, -0.05) is 0 Å². The summed E-state index contributed by atoms with van der Waals surface area (Å²) in [7, 11) is 1.74. The molecule has 0 bridgehead atoms. The standard InChI is InChI=1S/C15H25NO4/c1-18-10-11-8-13-14(9-11)20-7-4-16(13)15(17)12-2-5-19-6-3-12/h11-14H,2-10H2,1H3/t11-,13+,14-/m0/s1. The number of hydrogen-bond donors (Lipinski definition) is 0. The van der Waals surface area contributed by atoms with Gasteiger partial charge < -0.3 is 19.1 Å². The average Bonchev–Trinajstić information content (AvgIpc) is 2.90. The Balaban J connectivity index is 1.64. The lowest BCUT2D eigenvalue weighted by molar-refractivity contribution is -0.151. The van der Waals surface area contributed by atoms with Crippen molar-refractivity contribution < 1.29 is 19.0 Å². The highest BCUT2D eigenvalue weighted by Gasteiger charge is 2.44. The number of methoxy groups -OCH3 is 1. The lowest BCUT2D eigenvalue weighted by Gasteiger charge is -2.40. The largest absolute Gasteiger partial charge is 0.384 e. The summed E-state index contributed by atoms with van der Waals surface area (Å²) < 4.78 is 16.5. The van der Waals surface area contributed by atoms with Gasteiger partial charge in [-0.3, -0.25) is 4.79 Å². The molecule has 3 rings (SSSR count). The van der Waals surface area contributed by atoms with Crippen LogP contribution in [0.1, 0.15) is 25.7 Å². The zero-order chi connectivity index (χ0) is 13.9. The van der Waals surface area contributed by atoms with E-state index in [-0.39, 0.29) is 18.1 Å². The first-order chi connectivity index (χ1) is 9.79. The Kier molecular flexibility index (Phi) is 4.58. The van der Waals surface area contributed by atoms with Crippen molar-refractivity contribution in [2.45, 2.75) is 37.8 Å². The highest BCUT2D eigenvalue weighted by Crippen LogP contribution is 2.35. The molecule has 20 heavy (non-hydrogen) atoms. The van der Waals surface area contributed by atoms with Gasteiger partial charge in [-0.15, -0.1) is 0 Å². The number of carbonyl (C=O) groups is 1. The molecule has 0 unspecified atom stereocenters. The molecule has 1 amide bonds. The van der Waals surface area contributed by atoms with Gasteiger partial charge in [0.2, 0.25) is 5.91 Å². The SMILES string of the molecule is COC[C@@H]1C[C@@H]2OCCN(C(=O)C3CCOCC3)[C@@H]2C1. The predicted molar refractivity (Wildman–Crippen MR) is 73.4 cm³/mol. The molecular formula is C15H25NO4. The molecule has 114 valence electrons. The maximum absolute atomic E-state index is 12.7. The molecule has 3 fully saturated rings. The smallest absolute Gasteiger partial charge is 0.226 e. The van der Waals surface area contributed by atoms with Gasteiger partial charge in [0.05, 0.1) is 18.8 Å². The van der Waals surface area contributed by atoms with E-state index in [4.69, 9.17) is 14.2 Å². The number of carbonyl (C=O) groups excluding carboxylic acids is 1. The minimum Gasteiger partial charge on any atom is -0.384 e. The van der Waals surface area contributed by atoms with Gasteiger partial charge in [-0.25, -0.2) is 0 Å². The van der Waals surface area contributed by atoms with E-state index in [1.54, 1.807) is 7.11 Å². The lowest BCUT2D eigenvalue weighted by Crippen LogP contribution is -2.53. The summed E-state index contributed by atoms with van der Waals surface area (Å²) in [5.74, 6) is 1.01. The van der Waals surface area contributed by atoms with Crippen LogP contribution in [0.4, 0.5) is 0 Å². The fraction of sp³-hybridized carbons (Fsp3) is 0.933. The molecule has 3 atom stereocenters. The molecule has 5 heteroatoms. The normalized spacial score (nSPS) is 35.0. The van der Waals surface area contributed by atoms with Crippen molar-refractivity contribution in [2.75, 3.05) is 40.1 Å². The number of rotatable bonds is 3. The number of fused-ring (bicyclic) bond motifs is 1. The summed E-state index contributed by atoms with van der Waals surface area (Å²) in [4.78, 5) is 14.8. The van der Waals surface area contributed by atoms with E-state index in [0.29, 0.717) is 18.4 Å². The van der Waals surface area contributed by atoms with Crippen molar-refractivity contribution >= 4 is 5.91 Å².